The number of aromatic nitrogens is 4. The fourth-order valence-corrected chi connectivity index (χ4v) is 4.47. The van der Waals surface area contributed by atoms with Gasteiger partial charge in [-0.25, -0.2) is 20.8 Å². The molecule has 4 aromatic rings. The number of hydrazine groups is 1. The maximum atomic E-state index is 13.2. The topological polar surface area (TPSA) is 132 Å². The van der Waals surface area contributed by atoms with Gasteiger partial charge in [-0.2, -0.15) is 18.3 Å². The molecule has 12 heteroatoms. The van der Waals surface area contributed by atoms with E-state index in [2.05, 4.69) is 32.7 Å². The van der Waals surface area contributed by atoms with E-state index in [-0.39, 0.29) is 24.2 Å². The number of imidazole rings is 1. The Morgan fingerprint density at radius 2 is 1.87 bits per heavy atom. The number of nitrogens with two attached hydrogens (primary N) is 2. The average molecular weight is 524 g/mol. The van der Waals surface area contributed by atoms with Gasteiger partial charge in [0.15, 0.2) is 11.5 Å². The van der Waals surface area contributed by atoms with Gasteiger partial charge in [0.25, 0.3) is 0 Å². The molecule has 2 heterocycles. The Morgan fingerprint density at radius 3 is 2.47 bits per heavy atom. The Hall–Kier alpha value is -4.19. The lowest BCUT2D eigenvalue weighted by Crippen LogP contribution is -2.34. The SMILES string of the molecule is Cc1cccc(-c2nc3nc(/C(=N/N)NN)nc(N[C@H](C)C4CC4)c3n2Cc2ccc(C(F)(F)F)cc2)c1. The zero-order valence-electron chi connectivity index (χ0n) is 20.9. The molecule has 1 atom stereocenters. The van der Waals surface area contributed by atoms with Gasteiger partial charge in [0.2, 0.25) is 11.7 Å². The molecule has 0 aliphatic heterocycles. The van der Waals surface area contributed by atoms with Crippen molar-refractivity contribution in [3.05, 3.63) is 71.0 Å². The van der Waals surface area contributed by atoms with Crippen molar-refractivity contribution in [3.63, 3.8) is 0 Å². The van der Waals surface area contributed by atoms with Crippen LogP contribution in [0.3, 0.4) is 0 Å². The zero-order chi connectivity index (χ0) is 27.0. The second kappa shape index (κ2) is 9.93. The highest BCUT2D eigenvalue weighted by molar-refractivity contribution is 5.98. The van der Waals surface area contributed by atoms with Gasteiger partial charge in [0.05, 0.1) is 5.56 Å². The fourth-order valence-electron chi connectivity index (χ4n) is 4.47. The second-order valence-corrected chi connectivity index (χ2v) is 9.55. The first kappa shape index (κ1) is 25.5. The highest BCUT2D eigenvalue weighted by Gasteiger charge is 2.31. The van der Waals surface area contributed by atoms with Gasteiger partial charge in [0.1, 0.15) is 11.3 Å². The number of anilines is 1. The van der Waals surface area contributed by atoms with Crippen molar-refractivity contribution in [2.24, 2.45) is 22.7 Å². The molecule has 38 heavy (non-hydrogen) atoms. The predicted octanol–water partition coefficient (Wildman–Crippen LogP) is 4.16. The number of amidine groups is 1. The standard InChI is InChI=1S/C26H28F3N9/c1-14-4-3-5-18(12-14)25-35-22-20(38(25)13-16-6-10-19(11-7-16)26(27,28)29)21(32-15(2)17-8-9-17)33-23(34-22)24(36-30)37-31/h3-7,10-12,15,17H,8-9,13,30-31H2,1-2H3,(H,36,37)(H,32,33,34)/t15-/m1/s1. The van der Waals surface area contributed by atoms with Crippen molar-refractivity contribution in [1.29, 1.82) is 0 Å². The van der Waals surface area contributed by atoms with E-state index >= 15 is 0 Å². The third-order valence-corrected chi connectivity index (χ3v) is 6.67. The second-order valence-electron chi connectivity index (χ2n) is 9.55. The van der Waals surface area contributed by atoms with Gasteiger partial charge in [-0.3, -0.25) is 0 Å². The quantitative estimate of drug-likeness (QED) is 0.124. The number of hydrogen-bond donors (Lipinski definition) is 4. The molecule has 1 saturated carbocycles. The van der Waals surface area contributed by atoms with Crippen LogP contribution in [0.2, 0.25) is 0 Å². The smallest absolute Gasteiger partial charge is 0.365 e. The van der Waals surface area contributed by atoms with Crippen molar-refractivity contribution in [2.45, 2.75) is 45.5 Å². The van der Waals surface area contributed by atoms with E-state index in [1.165, 1.54) is 12.1 Å². The number of fused-ring (bicyclic) bond motifs is 1. The lowest BCUT2D eigenvalue weighted by molar-refractivity contribution is -0.137. The molecule has 0 spiro atoms. The number of nitrogens with one attached hydrogen (secondary N) is 2. The fraction of sp³-hybridized carbons (Fsp3) is 0.308. The first-order chi connectivity index (χ1) is 18.2. The minimum atomic E-state index is -4.41. The third-order valence-electron chi connectivity index (χ3n) is 6.67. The van der Waals surface area contributed by atoms with Crippen molar-refractivity contribution in [1.82, 2.24) is 24.9 Å². The van der Waals surface area contributed by atoms with Gasteiger partial charge in [-0.15, -0.1) is 0 Å². The summed E-state index contributed by atoms with van der Waals surface area (Å²) in [6.45, 7) is 4.31. The van der Waals surface area contributed by atoms with Crippen LogP contribution in [0.25, 0.3) is 22.6 Å². The predicted molar refractivity (Wildman–Crippen MR) is 140 cm³/mol. The largest absolute Gasteiger partial charge is 0.416 e. The summed E-state index contributed by atoms with van der Waals surface area (Å²) in [6.07, 6.45) is -2.17. The molecule has 2 aromatic carbocycles. The Morgan fingerprint density at radius 1 is 1.13 bits per heavy atom. The van der Waals surface area contributed by atoms with Gasteiger partial charge in [-0.05, 0) is 56.4 Å². The first-order valence-electron chi connectivity index (χ1n) is 12.2. The molecule has 0 saturated heterocycles. The summed E-state index contributed by atoms with van der Waals surface area (Å²) >= 11 is 0. The van der Waals surface area contributed by atoms with Gasteiger partial charge < -0.3 is 21.2 Å². The Labute approximate surface area is 217 Å². The Bertz CT molecular complexity index is 1490. The van der Waals surface area contributed by atoms with Crippen molar-refractivity contribution >= 4 is 22.8 Å². The molecule has 0 radical (unpaired) electrons. The van der Waals surface area contributed by atoms with E-state index in [1.54, 1.807) is 0 Å². The first-order valence-corrected chi connectivity index (χ1v) is 12.2. The van der Waals surface area contributed by atoms with Crippen LogP contribution >= 0.6 is 0 Å². The molecule has 0 amide bonds. The van der Waals surface area contributed by atoms with Crippen LogP contribution in [0.4, 0.5) is 19.0 Å². The maximum Gasteiger partial charge on any atom is 0.416 e. The summed E-state index contributed by atoms with van der Waals surface area (Å²) in [5.41, 5.74) is 5.24. The van der Waals surface area contributed by atoms with Crippen LogP contribution in [0.5, 0.6) is 0 Å². The van der Waals surface area contributed by atoms with Gasteiger partial charge in [-0.1, -0.05) is 35.9 Å². The van der Waals surface area contributed by atoms with Crippen LogP contribution < -0.4 is 22.4 Å². The molecule has 198 valence electrons. The molecule has 1 fully saturated rings. The number of alkyl halides is 3. The highest BCUT2D eigenvalue weighted by Crippen LogP contribution is 2.36. The summed E-state index contributed by atoms with van der Waals surface area (Å²) in [5.74, 6) is 13.0. The molecule has 0 bridgehead atoms. The Kier molecular flexibility index (Phi) is 6.66. The maximum absolute atomic E-state index is 13.2. The number of hydrazone groups is 1. The van der Waals surface area contributed by atoms with Crippen molar-refractivity contribution in [3.8, 4) is 11.4 Å². The molecule has 6 N–H and O–H groups in total. The van der Waals surface area contributed by atoms with E-state index in [0.717, 1.165) is 36.1 Å². The minimum Gasteiger partial charge on any atom is -0.365 e. The number of halogens is 3. The van der Waals surface area contributed by atoms with E-state index in [0.29, 0.717) is 34.3 Å². The lowest BCUT2D eigenvalue weighted by atomic mass is 10.1. The molecular formula is C26H28F3N9. The van der Waals surface area contributed by atoms with Crippen LogP contribution in [-0.4, -0.2) is 31.4 Å². The van der Waals surface area contributed by atoms with E-state index < -0.39 is 11.7 Å². The van der Waals surface area contributed by atoms with Gasteiger partial charge in [0, 0.05) is 18.2 Å². The number of aryl methyl sites for hydroxylation is 1. The van der Waals surface area contributed by atoms with Gasteiger partial charge >= 0.3 is 6.18 Å². The van der Waals surface area contributed by atoms with Crippen LogP contribution in [0.1, 0.15) is 42.3 Å². The van der Waals surface area contributed by atoms with Crippen molar-refractivity contribution < 1.29 is 13.2 Å². The van der Waals surface area contributed by atoms with E-state index in [1.807, 2.05) is 35.8 Å². The molecule has 5 rings (SSSR count). The molecular weight excluding hydrogens is 495 g/mol. The summed E-state index contributed by atoms with van der Waals surface area (Å²) in [5, 5.41) is 7.14. The molecule has 1 aliphatic carbocycles. The number of hydrogen-bond acceptors (Lipinski definition) is 7. The average Bonchev–Trinajstić information content (AvgIpc) is 3.67. The molecule has 9 nitrogen and oxygen atoms in total. The highest BCUT2D eigenvalue weighted by atomic mass is 19.4. The number of nitrogens with zero attached hydrogens (tertiary/aromatic N) is 5. The summed E-state index contributed by atoms with van der Waals surface area (Å²) in [4.78, 5) is 14.1. The molecule has 0 unspecified atom stereocenters. The third kappa shape index (κ3) is 5.12. The summed E-state index contributed by atoms with van der Waals surface area (Å²) < 4.78 is 41.4. The minimum absolute atomic E-state index is 0.0865. The van der Waals surface area contributed by atoms with E-state index in [9.17, 15) is 13.2 Å². The Balaban J connectivity index is 1.71. The van der Waals surface area contributed by atoms with E-state index in [4.69, 9.17) is 16.7 Å². The zero-order valence-corrected chi connectivity index (χ0v) is 20.9. The summed E-state index contributed by atoms with van der Waals surface area (Å²) in [7, 11) is 0. The van der Waals surface area contributed by atoms with Crippen molar-refractivity contribution in [2.75, 3.05) is 5.32 Å². The normalized spacial score (nSPS) is 15.1. The molecule has 1 aliphatic rings. The van der Waals surface area contributed by atoms with Crippen LogP contribution in [0, 0.1) is 12.8 Å². The van der Waals surface area contributed by atoms with Crippen LogP contribution in [0.15, 0.2) is 53.6 Å². The number of rotatable bonds is 7. The monoisotopic (exact) mass is 523 g/mol. The van der Waals surface area contributed by atoms with Crippen LogP contribution in [-0.2, 0) is 12.7 Å². The summed E-state index contributed by atoms with van der Waals surface area (Å²) in [6, 6.07) is 13.1. The molecule has 2 aromatic heterocycles. The number of benzene rings is 2. The lowest BCUT2D eigenvalue weighted by Gasteiger charge is -2.17.